The van der Waals surface area contributed by atoms with Crippen LogP contribution in [-0.4, -0.2) is 64.6 Å². The topological polar surface area (TPSA) is 114 Å². The van der Waals surface area contributed by atoms with Gasteiger partial charge in [-0.2, -0.15) is 10.1 Å². The Bertz CT molecular complexity index is 1510. The number of hydrogen-bond donors (Lipinski definition) is 2. The molecule has 0 bridgehead atoms. The van der Waals surface area contributed by atoms with Gasteiger partial charge in [0, 0.05) is 18.8 Å². The Morgan fingerprint density at radius 2 is 1.85 bits per heavy atom. The second-order valence-corrected chi connectivity index (χ2v) is 14.1. The van der Waals surface area contributed by atoms with Gasteiger partial charge in [-0.1, -0.05) is 11.6 Å². The van der Waals surface area contributed by atoms with Crippen molar-refractivity contribution in [3.8, 4) is 5.75 Å². The molecular weight excluding hydrogens is 550 g/mol. The molecule has 0 saturated carbocycles. The predicted molar refractivity (Wildman–Crippen MR) is 158 cm³/mol. The first-order valence-electron chi connectivity index (χ1n) is 13.8. The molecule has 1 atom stereocenters. The Balaban J connectivity index is 1.48. The monoisotopic (exact) mass is 587 g/mol. The number of halogens is 1. The number of sulfone groups is 1. The molecule has 2 N–H and O–H groups in total. The van der Waals surface area contributed by atoms with Gasteiger partial charge in [0.25, 0.3) is 0 Å². The van der Waals surface area contributed by atoms with Gasteiger partial charge < -0.3 is 20.3 Å². The molecule has 1 aromatic carbocycles. The van der Waals surface area contributed by atoms with Gasteiger partial charge in [-0.25, -0.2) is 13.4 Å². The largest absolute Gasteiger partial charge is 0.488 e. The van der Waals surface area contributed by atoms with E-state index in [9.17, 15) is 8.42 Å². The average Bonchev–Trinajstić information content (AvgIpc) is 3.28. The van der Waals surface area contributed by atoms with E-state index >= 15 is 0 Å². The average molecular weight is 588 g/mol. The summed E-state index contributed by atoms with van der Waals surface area (Å²) in [6.45, 7) is 9.71. The molecule has 3 aromatic rings. The number of anilines is 4. The minimum atomic E-state index is -3.63. The van der Waals surface area contributed by atoms with Gasteiger partial charge in [0.1, 0.15) is 10.8 Å². The molecule has 2 aliphatic heterocycles. The van der Waals surface area contributed by atoms with E-state index in [2.05, 4.69) is 57.6 Å². The van der Waals surface area contributed by atoms with E-state index in [1.807, 2.05) is 0 Å². The van der Waals surface area contributed by atoms with Gasteiger partial charge in [0.05, 0.1) is 28.9 Å². The van der Waals surface area contributed by atoms with Crippen LogP contribution in [-0.2, 0) is 23.3 Å². The smallest absolute Gasteiger partial charge is 0.229 e. The van der Waals surface area contributed by atoms with E-state index in [1.54, 1.807) is 27.1 Å². The van der Waals surface area contributed by atoms with Gasteiger partial charge >= 0.3 is 0 Å². The van der Waals surface area contributed by atoms with Gasteiger partial charge in [0.15, 0.2) is 5.82 Å². The maximum absolute atomic E-state index is 12.9. The van der Waals surface area contributed by atoms with Gasteiger partial charge in [-0.15, -0.1) is 0 Å². The Kier molecular flexibility index (Phi) is 8.00. The third-order valence-corrected chi connectivity index (χ3v) is 10.2. The first kappa shape index (κ1) is 28.6. The van der Waals surface area contributed by atoms with E-state index in [4.69, 9.17) is 16.3 Å². The van der Waals surface area contributed by atoms with Crippen molar-refractivity contribution in [2.75, 3.05) is 30.8 Å². The predicted octanol–water partition coefficient (Wildman–Crippen LogP) is 5.36. The van der Waals surface area contributed by atoms with Crippen molar-refractivity contribution in [3.63, 3.8) is 0 Å². The number of aromatic nitrogens is 4. The summed E-state index contributed by atoms with van der Waals surface area (Å²) in [5.74, 6) is 1.98. The zero-order valence-electron chi connectivity index (χ0n) is 24.0. The number of rotatable bonds is 7. The van der Waals surface area contributed by atoms with E-state index in [0.717, 1.165) is 50.2 Å². The van der Waals surface area contributed by atoms with E-state index in [-0.39, 0.29) is 22.0 Å². The van der Waals surface area contributed by atoms with Crippen molar-refractivity contribution in [1.82, 2.24) is 24.6 Å². The van der Waals surface area contributed by atoms with Crippen molar-refractivity contribution < 1.29 is 13.2 Å². The number of aryl methyl sites for hydroxylation is 2. The Morgan fingerprint density at radius 1 is 1.12 bits per heavy atom. The lowest BCUT2D eigenvalue weighted by atomic mass is 9.81. The molecule has 0 amide bonds. The summed E-state index contributed by atoms with van der Waals surface area (Å²) in [7, 11) is 0.221. The van der Waals surface area contributed by atoms with Crippen LogP contribution in [0.2, 0.25) is 5.02 Å². The third kappa shape index (κ3) is 5.64. The first-order valence-corrected chi connectivity index (χ1v) is 15.7. The molecule has 0 radical (unpaired) electrons. The number of piperidine rings is 1. The highest BCUT2D eigenvalue weighted by Crippen LogP contribution is 2.45. The van der Waals surface area contributed by atoms with Crippen LogP contribution in [0, 0.1) is 6.92 Å². The molecule has 2 aliphatic rings. The summed E-state index contributed by atoms with van der Waals surface area (Å²) < 4.78 is 33.7. The molecule has 10 nitrogen and oxygen atoms in total. The van der Waals surface area contributed by atoms with Gasteiger partial charge in [0.2, 0.25) is 20.8 Å². The SMILES string of the molecule is Cc1cc(Nc2ncc(Cl)c(Nc3cn(C)nc3S(=O)(=O)C(C)C)n2)c2c(c1C1CCN(C)CC1)CCC(C)O2. The number of hydrogen-bond acceptors (Lipinski definition) is 9. The van der Waals surface area contributed by atoms with E-state index < -0.39 is 15.1 Å². The number of nitrogens with zero attached hydrogens (tertiary/aromatic N) is 5. The van der Waals surface area contributed by atoms with Crippen LogP contribution in [0.3, 0.4) is 0 Å². The summed E-state index contributed by atoms with van der Waals surface area (Å²) in [6, 6.07) is 2.13. The zero-order valence-corrected chi connectivity index (χ0v) is 25.5. The minimum Gasteiger partial charge on any atom is -0.488 e. The van der Waals surface area contributed by atoms with Crippen molar-refractivity contribution in [2.24, 2.45) is 7.05 Å². The summed E-state index contributed by atoms with van der Waals surface area (Å²) in [5, 5.41) is 10.2. The highest BCUT2D eigenvalue weighted by molar-refractivity contribution is 7.92. The number of ether oxygens (including phenoxy) is 1. The Labute approximate surface area is 241 Å². The maximum atomic E-state index is 12.9. The molecule has 2 aromatic heterocycles. The number of benzene rings is 1. The highest BCUT2D eigenvalue weighted by atomic mass is 35.5. The number of nitrogens with one attached hydrogen (secondary N) is 2. The van der Waals surface area contributed by atoms with Crippen molar-refractivity contribution in [1.29, 1.82) is 0 Å². The molecule has 0 spiro atoms. The van der Waals surface area contributed by atoms with Crippen LogP contribution in [0.25, 0.3) is 0 Å². The van der Waals surface area contributed by atoms with Crippen molar-refractivity contribution in [3.05, 3.63) is 40.2 Å². The number of likely N-dealkylation sites (tertiary alicyclic amines) is 1. The standard InChI is InChI=1S/C28H38ClN7O3S/c1-16(2)40(37,38)27-23(15-36(6)34-27)31-26-21(29)14-30-28(33-26)32-22-13-17(3)24(19-9-11-35(5)12-10-19)20-8-7-18(4)39-25(20)22/h13-16,18-19H,7-12H2,1-6H3,(H2,30,31,32,33). The lowest BCUT2D eigenvalue weighted by molar-refractivity contribution is 0.191. The third-order valence-electron chi connectivity index (χ3n) is 7.80. The fourth-order valence-electron chi connectivity index (χ4n) is 5.58. The number of fused-ring (bicyclic) bond motifs is 1. The maximum Gasteiger partial charge on any atom is 0.229 e. The molecule has 5 rings (SSSR count). The molecular formula is C28H38ClN7O3S. The van der Waals surface area contributed by atoms with Crippen molar-refractivity contribution >= 4 is 44.6 Å². The quantitative estimate of drug-likeness (QED) is 0.377. The fourth-order valence-corrected chi connectivity index (χ4v) is 6.82. The van der Waals surface area contributed by atoms with Crippen LogP contribution in [0.15, 0.2) is 23.5 Å². The van der Waals surface area contributed by atoms with Crippen LogP contribution in [0.4, 0.5) is 23.1 Å². The summed E-state index contributed by atoms with van der Waals surface area (Å²) in [5.41, 5.74) is 5.06. The zero-order chi connectivity index (χ0) is 28.8. The summed E-state index contributed by atoms with van der Waals surface area (Å²) in [4.78, 5) is 11.4. The Hall–Kier alpha value is -2.89. The normalized spacial score (nSPS) is 18.4. The van der Waals surface area contributed by atoms with E-state index in [0.29, 0.717) is 17.6 Å². The summed E-state index contributed by atoms with van der Waals surface area (Å²) >= 11 is 6.44. The van der Waals surface area contributed by atoms with Gasteiger partial charge in [-0.3, -0.25) is 4.68 Å². The molecule has 4 heterocycles. The second kappa shape index (κ2) is 11.2. The van der Waals surface area contributed by atoms with Gasteiger partial charge in [-0.05, 0) is 96.6 Å². The Morgan fingerprint density at radius 3 is 2.55 bits per heavy atom. The molecule has 1 saturated heterocycles. The molecule has 0 aliphatic carbocycles. The lowest BCUT2D eigenvalue weighted by Crippen LogP contribution is -2.30. The fraction of sp³-hybridized carbons (Fsp3) is 0.536. The van der Waals surface area contributed by atoms with Crippen molar-refractivity contribution in [2.45, 2.75) is 75.7 Å². The van der Waals surface area contributed by atoms with Crippen LogP contribution in [0.5, 0.6) is 5.75 Å². The molecule has 1 fully saturated rings. The van der Waals surface area contributed by atoms with E-state index in [1.165, 1.54) is 27.6 Å². The summed E-state index contributed by atoms with van der Waals surface area (Å²) in [6.07, 6.45) is 7.43. The second-order valence-electron chi connectivity index (χ2n) is 11.3. The molecule has 1 unspecified atom stereocenters. The first-order chi connectivity index (χ1) is 18.9. The highest BCUT2D eigenvalue weighted by Gasteiger charge is 2.30. The minimum absolute atomic E-state index is 0.0502. The molecule has 12 heteroatoms. The molecule has 216 valence electrons. The lowest BCUT2D eigenvalue weighted by Gasteiger charge is -2.35. The van der Waals surface area contributed by atoms with Crippen LogP contribution in [0.1, 0.15) is 62.6 Å². The van der Waals surface area contributed by atoms with Crippen LogP contribution < -0.4 is 15.4 Å². The molecule has 40 heavy (non-hydrogen) atoms. The van der Waals surface area contributed by atoms with Crippen LogP contribution >= 0.6 is 11.6 Å².